The van der Waals surface area contributed by atoms with Crippen LogP contribution >= 0.6 is 0 Å². The summed E-state index contributed by atoms with van der Waals surface area (Å²) in [5, 5.41) is 8.33. The fraction of sp³-hybridized carbons (Fsp3) is 0. The molecule has 1 radical (unpaired) electrons. The van der Waals surface area contributed by atoms with E-state index in [2.05, 4.69) is 22.2 Å². The van der Waals surface area contributed by atoms with Gasteiger partial charge >= 0.3 is 0 Å². The molecule has 1 aliphatic heterocycles. The van der Waals surface area contributed by atoms with Crippen molar-refractivity contribution in [3.63, 3.8) is 0 Å². The molecule has 0 saturated carbocycles. The average molecular weight is 358 g/mol. The van der Waals surface area contributed by atoms with Crippen LogP contribution in [0.1, 0.15) is 0 Å². The van der Waals surface area contributed by atoms with E-state index in [0.717, 1.165) is 5.82 Å². The van der Waals surface area contributed by atoms with Gasteiger partial charge in [0.2, 0.25) is 0 Å². The minimum Gasteiger partial charge on any atom is -0.603 e. The van der Waals surface area contributed by atoms with Gasteiger partial charge in [0.1, 0.15) is 0 Å². The molecule has 0 bridgehead atoms. The van der Waals surface area contributed by atoms with E-state index in [1.54, 1.807) is 12.4 Å². The summed E-state index contributed by atoms with van der Waals surface area (Å²) in [6.45, 7) is 5.02. The van der Waals surface area contributed by atoms with E-state index in [-0.39, 0.29) is 29.9 Å². The molecule has 0 saturated heterocycles. The Bertz CT molecular complexity index is 152. The molecule has 3 nitrogen and oxygen atoms in total. The van der Waals surface area contributed by atoms with Crippen LogP contribution in [0.3, 0.4) is 0 Å². The predicted octanol–water partition coefficient (Wildman–Crippen LogP) is -0.211. The van der Waals surface area contributed by atoms with E-state index in [1.165, 1.54) is 6.20 Å². The minimum absolute atomic E-state index is 0. The summed E-state index contributed by atoms with van der Waals surface area (Å²) in [4.78, 5) is 0. The Morgan fingerprint density at radius 3 is 2.60 bits per heavy atom. The van der Waals surface area contributed by atoms with Gasteiger partial charge in [-0.2, -0.15) is 0 Å². The zero-order chi connectivity index (χ0) is 6.53. The van der Waals surface area contributed by atoms with Crippen molar-refractivity contribution in [1.82, 2.24) is 16.0 Å². The summed E-state index contributed by atoms with van der Waals surface area (Å²) in [6, 6.07) is 0. The van der Waals surface area contributed by atoms with Crippen LogP contribution in [0, 0.1) is 42.7 Å². The van der Waals surface area contributed by atoms with Crippen LogP contribution in [0.25, 0.3) is 0 Å². The first-order valence-corrected chi connectivity index (χ1v) is 2.53. The Hall–Kier alpha value is -0.367. The molecule has 0 aliphatic carbocycles. The van der Waals surface area contributed by atoms with Crippen LogP contribution in [0.15, 0.2) is 24.4 Å². The van der Waals surface area contributed by atoms with Crippen LogP contribution in [0.4, 0.5) is 0 Å². The molecule has 10 heavy (non-hydrogen) atoms. The first kappa shape index (κ1) is 9.63. The number of nitrogens with one attached hydrogen (secondary N) is 3. The minimum atomic E-state index is 0. The summed E-state index contributed by atoms with van der Waals surface area (Å²) >= 11 is 0. The van der Waals surface area contributed by atoms with Crippen molar-refractivity contribution in [3.05, 3.63) is 37.2 Å². The molecule has 0 atom stereocenters. The second-order valence-electron chi connectivity index (χ2n) is 1.43. The summed E-state index contributed by atoms with van der Waals surface area (Å²) in [7, 11) is 0. The molecule has 53 valence electrons. The Kier molecular flexibility index (Phi) is 5.22. The summed E-state index contributed by atoms with van der Waals surface area (Å²) < 4.78 is 0. The van der Waals surface area contributed by atoms with Gasteiger partial charge in [-0.15, -0.1) is 6.20 Å². The second-order valence-corrected chi connectivity index (χ2v) is 1.43. The maximum Gasteiger partial charge on any atom is 0.0274 e. The topological polar surface area (TPSA) is 36.1 Å². The van der Waals surface area contributed by atoms with E-state index in [1.807, 2.05) is 0 Å². The van der Waals surface area contributed by atoms with Crippen molar-refractivity contribution in [1.29, 1.82) is 0 Å². The van der Waals surface area contributed by atoms with Crippen LogP contribution in [-0.4, -0.2) is 0 Å². The molecule has 0 aromatic heterocycles. The fourth-order valence-corrected chi connectivity index (χ4v) is 0.478. The van der Waals surface area contributed by atoms with E-state index in [9.17, 15) is 0 Å². The molecule has 0 unspecified atom stereocenters. The Labute approximate surface area is 82.9 Å². The van der Waals surface area contributed by atoms with E-state index in [0.29, 0.717) is 0 Å². The van der Waals surface area contributed by atoms with Crippen LogP contribution in [-0.2, 0) is 0 Å². The van der Waals surface area contributed by atoms with Gasteiger partial charge in [0.05, 0.1) is 0 Å². The summed E-state index contributed by atoms with van der Waals surface area (Å²) in [5.74, 6) is 0.761. The average Bonchev–Trinajstić information content (AvgIpc) is 2.34. The van der Waals surface area contributed by atoms with Crippen molar-refractivity contribution in [2.75, 3.05) is 0 Å². The molecule has 0 aromatic rings. The van der Waals surface area contributed by atoms with Gasteiger partial charge in [0.15, 0.2) is 0 Å². The molecule has 4 heteroatoms. The Balaban J connectivity index is 0.000000810. The third kappa shape index (κ3) is 2.97. The quantitative estimate of drug-likeness (QED) is 0.472. The maximum atomic E-state index is 5.02. The normalized spacial score (nSPS) is 12.6. The molecule has 0 amide bonds. The molecule has 1 heterocycles. The smallest absolute Gasteiger partial charge is 0.0274 e. The molecule has 1 aliphatic rings. The molecular weight excluding hydrogens is 351 g/mol. The van der Waals surface area contributed by atoms with Crippen molar-refractivity contribution >= 4 is 0 Å². The standard InChI is InChI=1S/C6H7N3.Np/c1-2-7-5-6-8-3-4-9-6;/h1-4,7-9H;/q-2;. The fourth-order valence-electron chi connectivity index (χ4n) is 0.478. The third-order valence-electron chi connectivity index (χ3n) is 0.819. The Morgan fingerprint density at radius 2 is 2.10 bits per heavy atom. The van der Waals surface area contributed by atoms with Crippen LogP contribution in [0.5, 0.6) is 0 Å². The molecule has 0 spiro atoms. The van der Waals surface area contributed by atoms with Gasteiger partial charge < -0.3 is 28.7 Å². The molecule has 1 rings (SSSR count). The SMILES string of the molecule is [CH-]=CN[C-]=C1NC=CN1.[Np]. The van der Waals surface area contributed by atoms with Crippen LogP contribution < -0.4 is 16.0 Å². The molecule has 3 N–H and O–H groups in total. The van der Waals surface area contributed by atoms with E-state index < -0.39 is 0 Å². The summed E-state index contributed by atoms with van der Waals surface area (Å²) in [6.07, 6.45) is 7.56. The molecular formula is C6H7N3Np-2. The van der Waals surface area contributed by atoms with E-state index >= 15 is 0 Å². The summed E-state index contributed by atoms with van der Waals surface area (Å²) in [5.41, 5.74) is 0. The second kappa shape index (κ2) is 5.42. The molecule has 0 aromatic carbocycles. The predicted molar refractivity (Wildman–Crippen MR) is 34.2 cm³/mol. The zero-order valence-electron chi connectivity index (χ0n) is 5.26. The Morgan fingerprint density at radius 1 is 1.50 bits per heavy atom. The van der Waals surface area contributed by atoms with Crippen molar-refractivity contribution in [3.8, 4) is 0 Å². The number of rotatable bonds is 2. The van der Waals surface area contributed by atoms with Gasteiger partial charge in [-0.05, 0) is 0 Å². The maximum absolute atomic E-state index is 5.02. The monoisotopic (exact) mass is 357 g/mol. The third-order valence-corrected chi connectivity index (χ3v) is 0.819. The van der Waals surface area contributed by atoms with Crippen molar-refractivity contribution in [2.45, 2.75) is 0 Å². The zero-order valence-corrected chi connectivity index (χ0v) is 8.98. The van der Waals surface area contributed by atoms with Gasteiger partial charge in [-0.1, -0.05) is 0 Å². The first-order chi connectivity index (χ1) is 4.43. The number of hydrogen-bond acceptors (Lipinski definition) is 3. The van der Waals surface area contributed by atoms with Gasteiger partial charge in [0, 0.05) is 48.2 Å². The van der Waals surface area contributed by atoms with Crippen molar-refractivity contribution in [2.24, 2.45) is 0 Å². The van der Waals surface area contributed by atoms with Gasteiger partial charge in [-0.3, -0.25) is 0 Å². The van der Waals surface area contributed by atoms with Gasteiger partial charge in [-0.25, -0.2) is 0 Å². The largest absolute Gasteiger partial charge is 0.603 e. The number of hydrogen-bond donors (Lipinski definition) is 3. The van der Waals surface area contributed by atoms with E-state index in [4.69, 9.17) is 6.58 Å². The first-order valence-electron chi connectivity index (χ1n) is 2.53. The van der Waals surface area contributed by atoms with Crippen LogP contribution in [0.2, 0.25) is 0 Å². The molecule has 0 fully saturated rings. The van der Waals surface area contributed by atoms with Gasteiger partial charge in [0.25, 0.3) is 0 Å². The van der Waals surface area contributed by atoms with Crippen molar-refractivity contribution < 1.29 is 29.9 Å².